The molecule has 2 aromatic heterocycles. The Morgan fingerprint density at radius 3 is 1.79 bits per heavy atom. The summed E-state index contributed by atoms with van der Waals surface area (Å²) in [5.41, 5.74) is 2.25. The topological polar surface area (TPSA) is 218 Å². The van der Waals surface area contributed by atoms with E-state index in [9.17, 15) is 16.8 Å². The predicted octanol–water partition coefficient (Wildman–Crippen LogP) is 6.62. The number of aromatic nitrogens is 2. The van der Waals surface area contributed by atoms with Gasteiger partial charge in [0, 0.05) is 77.5 Å². The van der Waals surface area contributed by atoms with E-state index < -0.39 is 20.0 Å². The van der Waals surface area contributed by atoms with Gasteiger partial charge in [0.1, 0.15) is 0 Å². The van der Waals surface area contributed by atoms with Crippen LogP contribution in [-0.4, -0.2) is 92.8 Å². The van der Waals surface area contributed by atoms with Crippen molar-refractivity contribution in [3.63, 3.8) is 0 Å². The number of aliphatic imine (C=N–C) groups is 2. The van der Waals surface area contributed by atoms with E-state index >= 15 is 0 Å². The lowest BCUT2D eigenvalue weighted by atomic mass is 9.88. The average Bonchev–Trinajstić information content (AvgIpc) is 4.05. The van der Waals surface area contributed by atoms with Gasteiger partial charge in [-0.3, -0.25) is 9.98 Å². The van der Waals surface area contributed by atoms with Crippen molar-refractivity contribution in [3.8, 4) is 6.07 Å². The monoisotopic (exact) mass is 835 g/mol. The molecule has 5 N–H and O–H groups in total. The fourth-order valence-electron chi connectivity index (χ4n) is 7.41. The molecule has 2 aliphatic carbocycles. The molecule has 2 spiro atoms. The first-order valence-electron chi connectivity index (χ1n) is 19.1. The van der Waals surface area contributed by atoms with Crippen LogP contribution in [0.2, 0.25) is 0 Å². The first-order valence-corrected chi connectivity index (χ1v) is 23.3. The van der Waals surface area contributed by atoms with Gasteiger partial charge in [-0.25, -0.2) is 36.7 Å². The fourth-order valence-corrected chi connectivity index (χ4v) is 9.60. The van der Waals surface area contributed by atoms with Crippen molar-refractivity contribution in [3.05, 3.63) is 60.9 Å². The number of hydrogen-bond donors (Lipinski definition) is 4. The van der Waals surface area contributed by atoms with Crippen LogP contribution in [0.3, 0.4) is 0 Å². The van der Waals surface area contributed by atoms with E-state index in [-0.39, 0.29) is 15.2 Å². The van der Waals surface area contributed by atoms with Gasteiger partial charge < -0.3 is 9.97 Å². The van der Waals surface area contributed by atoms with Crippen molar-refractivity contribution >= 4 is 77.2 Å². The van der Waals surface area contributed by atoms with Crippen LogP contribution in [-0.2, 0) is 20.0 Å². The molecule has 8 rings (SSSR count). The van der Waals surface area contributed by atoms with Crippen molar-refractivity contribution in [2.45, 2.75) is 81.9 Å². The zero-order valence-electron chi connectivity index (χ0n) is 33.0. The summed E-state index contributed by atoms with van der Waals surface area (Å²) in [4.78, 5) is 15.2. The molecule has 4 aromatic rings. The summed E-state index contributed by atoms with van der Waals surface area (Å²) in [6.45, 7) is 8.44. The van der Waals surface area contributed by atoms with E-state index in [0.29, 0.717) is 24.5 Å². The minimum absolute atomic E-state index is 0.0734. The first-order chi connectivity index (χ1) is 27.3. The average molecular weight is 836 g/mol. The highest BCUT2D eigenvalue weighted by molar-refractivity contribution is 8.13. The van der Waals surface area contributed by atoms with Crippen molar-refractivity contribution in [2.75, 3.05) is 32.4 Å². The fraction of sp³-hybridized carbons (Fsp3) is 0.462. The van der Waals surface area contributed by atoms with Crippen molar-refractivity contribution < 1.29 is 16.8 Å². The second-order valence-corrected chi connectivity index (χ2v) is 18.3. The first kappa shape index (κ1) is 43.4. The Balaban J connectivity index is 0.000000170. The van der Waals surface area contributed by atoms with Gasteiger partial charge in [0.05, 0.1) is 28.9 Å². The summed E-state index contributed by atoms with van der Waals surface area (Å²) in [5.74, 6) is 0.293. The number of aromatic amines is 2. The highest BCUT2D eigenvalue weighted by Crippen LogP contribution is 2.41. The van der Waals surface area contributed by atoms with Crippen molar-refractivity contribution in [1.29, 1.82) is 5.26 Å². The molecule has 4 heterocycles. The number of amidine groups is 1. The molecule has 2 saturated carbocycles. The second kappa shape index (κ2) is 19.2. The van der Waals surface area contributed by atoms with Gasteiger partial charge in [0.15, 0.2) is 5.17 Å². The Morgan fingerprint density at radius 1 is 0.825 bits per heavy atom. The third kappa shape index (κ3) is 11.0. The molecule has 4 aliphatic rings. The maximum atomic E-state index is 12.9. The van der Waals surface area contributed by atoms with E-state index in [2.05, 4.69) is 59.3 Å². The van der Waals surface area contributed by atoms with Crippen LogP contribution in [0.25, 0.3) is 21.8 Å². The van der Waals surface area contributed by atoms with Crippen molar-refractivity contribution in [2.24, 2.45) is 36.2 Å². The highest BCUT2D eigenvalue weighted by Gasteiger charge is 2.40. The number of H-pyrrole nitrogens is 2. The Labute approximate surface area is 340 Å². The number of primary sulfonamides is 1. The Kier molecular flexibility index (Phi) is 14.6. The van der Waals surface area contributed by atoms with E-state index in [1.807, 2.05) is 19.2 Å². The van der Waals surface area contributed by atoms with Crippen LogP contribution in [0.1, 0.15) is 72.1 Å². The second-order valence-electron chi connectivity index (χ2n) is 14.3. The van der Waals surface area contributed by atoms with E-state index in [1.165, 1.54) is 51.5 Å². The number of benzene rings is 2. The molecular formula is C39H53N11O4S3. The summed E-state index contributed by atoms with van der Waals surface area (Å²) < 4.78 is 50.3. The Hall–Kier alpha value is -4.70. The Morgan fingerprint density at radius 2 is 1.30 bits per heavy atom. The molecule has 306 valence electrons. The standard InChI is InChI=1S/C18H23N5O2S.C11H19N3S.C8H8N2O2S.C2H3N/c1-2-19-17(23-13-18(12-21-23)8-3-4-9-18)22-26(24,25)15-5-6-16-14(11-15)7-10-20-16;1-3-12-10(15-2)14-9-11(8-13-14)6-4-5-7-11;9-13(11,12)7-1-2-8-6(5-7)3-4-10-8;1-2-3/h5-7,10-12,20H,2-4,8-9,13H2,1H3,(H,19,22);8H,3-7,9H2,1-2H3;1-5,10H,(H2,9,11,12);1H3. The molecular weight excluding hydrogens is 783 g/mol. The number of fused-ring (bicyclic) bond motifs is 2. The van der Waals surface area contributed by atoms with Crippen molar-refractivity contribution in [1.82, 2.24) is 24.7 Å². The summed E-state index contributed by atoms with van der Waals surface area (Å²) in [6.07, 6.45) is 19.7. The highest BCUT2D eigenvalue weighted by atomic mass is 32.2. The van der Waals surface area contributed by atoms with Crippen LogP contribution < -0.4 is 9.86 Å². The zero-order chi connectivity index (χ0) is 41.1. The zero-order valence-corrected chi connectivity index (χ0v) is 35.4. The van der Waals surface area contributed by atoms with Gasteiger partial charge in [-0.1, -0.05) is 37.4 Å². The van der Waals surface area contributed by atoms with Crippen LogP contribution in [0.4, 0.5) is 0 Å². The molecule has 57 heavy (non-hydrogen) atoms. The van der Waals surface area contributed by atoms with Gasteiger partial charge >= 0.3 is 0 Å². The van der Waals surface area contributed by atoms with Crippen LogP contribution in [0.15, 0.2) is 90.9 Å². The van der Waals surface area contributed by atoms with Gasteiger partial charge in [-0.15, -0.1) is 0 Å². The lowest BCUT2D eigenvalue weighted by molar-refractivity contribution is 0.342. The molecule has 0 saturated heterocycles. The molecule has 2 aliphatic heterocycles. The number of nitriles is 1. The summed E-state index contributed by atoms with van der Waals surface area (Å²) in [7, 11) is -7.32. The van der Waals surface area contributed by atoms with E-state index in [4.69, 9.17) is 10.4 Å². The smallest absolute Gasteiger partial charge is 0.264 e. The normalized spacial score (nSPS) is 18.3. The largest absolute Gasteiger partial charge is 0.361 e. The third-order valence-corrected chi connectivity index (χ3v) is 13.2. The number of sulfonamides is 2. The molecule has 0 radical (unpaired) electrons. The number of rotatable bonds is 5. The maximum absolute atomic E-state index is 12.9. The number of hydrogen-bond acceptors (Lipinski definition) is 10. The van der Waals surface area contributed by atoms with Gasteiger partial charge in [0.2, 0.25) is 16.0 Å². The summed E-state index contributed by atoms with van der Waals surface area (Å²) in [5, 5.41) is 27.8. The molecule has 0 amide bonds. The number of guanidine groups is 1. The molecule has 15 nitrogen and oxygen atoms in total. The maximum Gasteiger partial charge on any atom is 0.264 e. The van der Waals surface area contributed by atoms with Crippen LogP contribution in [0.5, 0.6) is 0 Å². The summed E-state index contributed by atoms with van der Waals surface area (Å²) in [6, 6.07) is 15.1. The minimum Gasteiger partial charge on any atom is -0.361 e. The molecule has 0 atom stereocenters. The number of hydrazone groups is 2. The molecule has 0 unspecified atom stereocenters. The van der Waals surface area contributed by atoms with Gasteiger partial charge in [0.25, 0.3) is 10.0 Å². The molecule has 0 bridgehead atoms. The molecule has 2 fully saturated rings. The quantitative estimate of drug-likeness (QED) is 0.126. The molecule has 18 heteroatoms. The lowest BCUT2D eigenvalue weighted by Gasteiger charge is -2.23. The van der Waals surface area contributed by atoms with Crippen LogP contribution in [0, 0.1) is 22.2 Å². The van der Waals surface area contributed by atoms with Gasteiger partial charge in [-0.2, -0.15) is 15.5 Å². The van der Waals surface area contributed by atoms with E-state index in [1.54, 1.807) is 71.6 Å². The summed E-state index contributed by atoms with van der Waals surface area (Å²) >= 11 is 1.70. The van der Waals surface area contributed by atoms with Gasteiger partial charge in [-0.05, 0) is 94.3 Å². The third-order valence-electron chi connectivity index (χ3n) is 10.2. The number of nitrogens with one attached hydrogen (secondary N) is 3. The SMILES string of the molecule is CC#N.CCN=C(NS(=O)(=O)c1ccc2[nH]ccc2c1)N1CC2(C=N1)CCCC2.CCN=C(SC)N1CC2(C=N1)CCCC2.NS(=O)(=O)c1ccc2[nH]ccc2c1. The lowest BCUT2D eigenvalue weighted by Crippen LogP contribution is -2.42. The predicted molar refractivity (Wildman–Crippen MR) is 231 cm³/mol. The number of thioether (sulfide) groups is 1. The number of nitrogens with two attached hydrogens (primary N) is 1. The minimum atomic E-state index is -3.73. The Bertz CT molecular complexity index is 2370. The molecule has 2 aromatic carbocycles. The van der Waals surface area contributed by atoms with Crippen LogP contribution >= 0.6 is 11.8 Å². The number of nitrogens with zero attached hydrogens (tertiary/aromatic N) is 7. The van der Waals surface area contributed by atoms with E-state index in [0.717, 1.165) is 52.9 Å².